The first kappa shape index (κ1) is 35.7. The highest BCUT2D eigenvalue weighted by molar-refractivity contribution is 6.62. The number of aromatic nitrogens is 6. The van der Waals surface area contributed by atoms with E-state index in [0.29, 0.717) is 49.2 Å². The molecule has 3 saturated heterocycles. The van der Waals surface area contributed by atoms with Crippen LogP contribution < -0.4 is 32.1 Å². The summed E-state index contributed by atoms with van der Waals surface area (Å²) in [6, 6.07) is 13.8. The molecule has 0 amide bonds. The van der Waals surface area contributed by atoms with Gasteiger partial charge in [0.2, 0.25) is 5.95 Å². The average molecular weight is 709 g/mol. The molecule has 0 spiro atoms. The quantitative estimate of drug-likeness (QED) is 0.138. The second-order valence-electron chi connectivity index (χ2n) is 14.4. The van der Waals surface area contributed by atoms with Crippen molar-refractivity contribution in [3.8, 4) is 11.3 Å². The highest BCUT2D eigenvalue weighted by Gasteiger charge is 2.51. The van der Waals surface area contributed by atoms with E-state index in [9.17, 15) is 4.79 Å². The van der Waals surface area contributed by atoms with E-state index in [2.05, 4.69) is 50.3 Å². The maximum atomic E-state index is 11.8. The molecule has 1 aromatic carbocycles. The third-order valence-electron chi connectivity index (χ3n) is 10.2. The number of fused-ring (bicyclic) bond motifs is 2. The monoisotopic (exact) mass is 708 g/mol. The Morgan fingerprint density at radius 2 is 1.60 bits per heavy atom. The molecule has 3 fully saturated rings. The zero-order valence-corrected chi connectivity index (χ0v) is 30.4. The molecule has 16 heteroatoms. The molecule has 4 aromatic heterocycles. The molecule has 52 heavy (non-hydrogen) atoms. The maximum absolute atomic E-state index is 11.8. The van der Waals surface area contributed by atoms with Gasteiger partial charge < -0.3 is 34.0 Å². The standard InChI is InChI=1S/C22H28N8O2.C14H17BN2O3/c1-14-12-31-9-7-29(14)21-17-3-4-18(16-5-6-24-19(11-16)28-23)25-20(17)26-22(27-21)30-8-10-32-13-15(30)2;1-13(2)14(3,4)20-15(19-13)10-6-5-9-8-16-17-12(18)11(9)7-10/h3-6,11,14-15H,7-10,12-13,23H2,1-2H3,(H,24,28);5-8H,1-4H3,(H,17,18)/t14-,15-;/m0./s1. The summed E-state index contributed by atoms with van der Waals surface area (Å²) in [5.41, 5.74) is 4.82. The van der Waals surface area contributed by atoms with Crippen molar-refractivity contribution in [2.24, 2.45) is 5.84 Å². The van der Waals surface area contributed by atoms with Crippen LogP contribution in [-0.2, 0) is 18.8 Å². The Morgan fingerprint density at radius 3 is 2.29 bits per heavy atom. The van der Waals surface area contributed by atoms with Gasteiger partial charge >= 0.3 is 7.12 Å². The van der Waals surface area contributed by atoms with Crippen LogP contribution in [0.4, 0.5) is 17.6 Å². The molecule has 0 saturated carbocycles. The molecule has 8 rings (SSSR count). The van der Waals surface area contributed by atoms with Crippen LogP contribution in [0.5, 0.6) is 0 Å². The fourth-order valence-corrected chi connectivity index (χ4v) is 6.46. The molecule has 15 nitrogen and oxygen atoms in total. The van der Waals surface area contributed by atoms with Crippen LogP contribution in [0.25, 0.3) is 33.1 Å². The minimum atomic E-state index is -0.461. The predicted octanol–water partition coefficient (Wildman–Crippen LogP) is 3.04. The van der Waals surface area contributed by atoms with E-state index < -0.39 is 18.3 Å². The van der Waals surface area contributed by atoms with Crippen molar-refractivity contribution in [3.05, 3.63) is 65.2 Å². The normalized spacial score (nSPS) is 21.2. The Bertz CT molecular complexity index is 2120. The number of nitrogen functional groups attached to an aromatic ring is 1. The van der Waals surface area contributed by atoms with Crippen LogP contribution in [0.2, 0.25) is 0 Å². The largest absolute Gasteiger partial charge is 0.494 e. The first-order valence-electron chi connectivity index (χ1n) is 17.6. The number of pyridine rings is 2. The first-order chi connectivity index (χ1) is 24.9. The number of anilines is 3. The fraction of sp³-hybridized carbons (Fsp3) is 0.444. The molecule has 3 aliphatic heterocycles. The topological polar surface area (TPSA) is 179 Å². The molecule has 0 aliphatic carbocycles. The van der Waals surface area contributed by atoms with E-state index in [4.69, 9.17) is 39.6 Å². The van der Waals surface area contributed by atoms with Gasteiger partial charge in [0.05, 0.1) is 67.0 Å². The summed E-state index contributed by atoms with van der Waals surface area (Å²) in [5.74, 6) is 7.70. The van der Waals surface area contributed by atoms with Crippen molar-refractivity contribution in [1.82, 2.24) is 30.1 Å². The number of hydrogen-bond donors (Lipinski definition) is 3. The van der Waals surface area contributed by atoms with E-state index in [1.54, 1.807) is 18.5 Å². The highest BCUT2D eigenvalue weighted by Crippen LogP contribution is 2.36. The van der Waals surface area contributed by atoms with Crippen LogP contribution in [0.3, 0.4) is 0 Å². The van der Waals surface area contributed by atoms with E-state index in [-0.39, 0.29) is 17.6 Å². The molecule has 3 aliphatic rings. The minimum Gasteiger partial charge on any atom is -0.399 e. The number of ether oxygens (including phenoxy) is 2. The van der Waals surface area contributed by atoms with Gasteiger partial charge in [-0.05, 0) is 77.3 Å². The summed E-state index contributed by atoms with van der Waals surface area (Å²) in [7, 11) is -0.461. The molecule has 0 bridgehead atoms. The fourth-order valence-electron chi connectivity index (χ4n) is 6.46. The van der Waals surface area contributed by atoms with Crippen LogP contribution in [0.15, 0.2) is 59.7 Å². The van der Waals surface area contributed by atoms with Crippen LogP contribution in [0, 0.1) is 0 Å². The van der Waals surface area contributed by atoms with Crippen molar-refractivity contribution >= 4 is 52.0 Å². The number of rotatable bonds is 5. The van der Waals surface area contributed by atoms with Gasteiger partial charge in [-0.1, -0.05) is 12.1 Å². The predicted molar refractivity (Wildman–Crippen MR) is 202 cm³/mol. The Hall–Kier alpha value is -4.74. The number of nitrogens with two attached hydrogens (primary N) is 1. The second kappa shape index (κ2) is 14.4. The third-order valence-corrected chi connectivity index (χ3v) is 10.2. The smallest absolute Gasteiger partial charge is 0.399 e. The van der Waals surface area contributed by atoms with E-state index >= 15 is 0 Å². The van der Waals surface area contributed by atoms with Crippen molar-refractivity contribution in [2.75, 3.05) is 54.7 Å². The summed E-state index contributed by atoms with van der Waals surface area (Å²) in [6.45, 7) is 16.5. The van der Waals surface area contributed by atoms with Crippen molar-refractivity contribution in [2.45, 2.75) is 64.8 Å². The number of nitrogens with one attached hydrogen (secondary N) is 2. The summed E-state index contributed by atoms with van der Waals surface area (Å²) in [6.07, 6.45) is 3.34. The Morgan fingerprint density at radius 1 is 0.885 bits per heavy atom. The van der Waals surface area contributed by atoms with Gasteiger partial charge in [0.15, 0.2) is 5.65 Å². The number of morpholine rings is 2. The Labute approximate surface area is 302 Å². The van der Waals surface area contributed by atoms with E-state index in [0.717, 1.165) is 46.4 Å². The van der Waals surface area contributed by atoms with Gasteiger partial charge in [0, 0.05) is 35.6 Å². The lowest BCUT2D eigenvalue weighted by Gasteiger charge is -2.37. The lowest BCUT2D eigenvalue weighted by atomic mass is 9.78. The molecule has 7 heterocycles. The van der Waals surface area contributed by atoms with E-state index in [1.165, 1.54) is 0 Å². The lowest BCUT2D eigenvalue weighted by molar-refractivity contribution is 0.00578. The van der Waals surface area contributed by atoms with Gasteiger partial charge in [-0.3, -0.25) is 4.79 Å². The van der Waals surface area contributed by atoms with Crippen molar-refractivity contribution < 1.29 is 18.8 Å². The third kappa shape index (κ3) is 7.04. The minimum absolute atomic E-state index is 0.192. The van der Waals surface area contributed by atoms with Crippen LogP contribution in [0.1, 0.15) is 41.5 Å². The molecule has 5 aromatic rings. The van der Waals surface area contributed by atoms with Gasteiger partial charge in [-0.2, -0.15) is 15.1 Å². The van der Waals surface area contributed by atoms with E-state index in [1.807, 2.05) is 58.0 Å². The summed E-state index contributed by atoms with van der Waals surface area (Å²) in [5, 5.41) is 8.54. The van der Waals surface area contributed by atoms with Gasteiger partial charge in [-0.15, -0.1) is 0 Å². The number of H-pyrrole nitrogens is 1. The van der Waals surface area contributed by atoms with Gasteiger partial charge in [-0.25, -0.2) is 20.9 Å². The summed E-state index contributed by atoms with van der Waals surface area (Å²) >= 11 is 0. The van der Waals surface area contributed by atoms with Crippen molar-refractivity contribution in [1.29, 1.82) is 0 Å². The molecular formula is C36H45BN10O5. The lowest BCUT2D eigenvalue weighted by Crippen LogP contribution is -2.46. The number of hydrogen-bond acceptors (Lipinski definition) is 14. The number of nitrogens with zero attached hydrogens (tertiary/aromatic N) is 7. The number of aromatic amines is 1. The van der Waals surface area contributed by atoms with Crippen LogP contribution >= 0.6 is 0 Å². The SMILES string of the molecule is CC1(C)OB(c2ccc3cn[nH]c(=O)c3c2)OC1(C)C.C[C@H]1COCCN1c1nc(N2CCOC[C@@H]2C)c2ccc(-c3ccnc(NN)c3)nc2n1. The summed E-state index contributed by atoms with van der Waals surface area (Å²) in [4.78, 5) is 35.3. The molecule has 2 atom stereocenters. The highest BCUT2D eigenvalue weighted by atomic mass is 16.7. The number of benzene rings is 1. The van der Waals surface area contributed by atoms with Gasteiger partial charge in [0.1, 0.15) is 11.6 Å². The average Bonchev–Trinajstić information content (AvgIpc) is 3.37. The zero-order chi connectivity index (χ0) is 36.6. The van der Waals surface area contributed by atoms with Crippen LogP contribution in [-0.4, -0.2) is 100 Å². The number of hydrazine groups is 1. The second-order valence-corrected chi connectivity index (χ2v) is 14.4. The zero-order valence-electron chi connectivity index (χ0n) is 30.4. The first-order valence-corrected chi connectivity index (χ1v) is 17.6. The van der Waals surface area contributed by atoms with Gasteiger partial charge in [0.25, 0.3) is 5.56 Å². The van der Waals surface area contributed by atoms with Crippen molar-refractivity contribution in [3.63, 3.8) is 0 Å². The molecular weight excluding hydrogens is 663 g/mol. The molecule has 0 radical (unpaired) electrons. The molecule has 4 N–H and O–H groups in total. The Kier molecular flexibility index (Phi) is 9.84. The molecule has 272 valence electrons. The maximum Gasteiger partial charge on any atom is 0.494 e. The molecule has 0 unspecified atom stereocenters. The Balaban J connectivity index is 0.000000180. The summed E-state index contributed by atoms with van der Waals surface area (Å²) < 4.78 is 23.3.